The van der Waals surface area contributed by atoms with Gasteiger partial charge in [-0.2, -0.15) is 0 Å². The van der Waals surface area contributed by atoms with Crippen LogP contribution in [0.2, 0.25) is 0 Å². The minimum atomic E-state index is 0.673. The Morgan fingerprint density at radius 1 is 1.41 bits per heavy atom. The Morgan fingerprint density at radius 3 is 3.06 bits per heavy atom. The van der Waals surface area contributed by atoms with Gasteiger partial charge in [-0.3, -0.25) is 10.0 Å². The summed E-state index contributed by atoms with van der Waals surface area (Å²) in [4.78, 5) is 4.48. The number of hydrogen-bond donors (Lipinski definition) is 1. The number of nitrogens with zero attached hydrogens (tertiary/aromatic N) is 2. The number of amidine groups is 1. The summed E-state index contributed by atoms with van der Waals surface area (Å²) in [6.07, 6.45) is 3.84. The molecule has 0 spiro atoms. The van der Waals surface area contributed by atoms with Gasteiger partial charge in [-0.1, -0.05) is 19.1 Å². The minimum absolute atomic E-state index is 0.673. The average molecular weight is 229 g/mol. The van der Waals surface area contributed by atoms with Crippen LogP contribution in [-0.2, 0) is 6.42 Å². The highest BCUT2D eigenvalue weighted by molar-refractivity contribution is 5.99. The van der Waals surface area contributed by atoms with Gasteiger partial charge < -0.3 is 0 Å². The van der Waals surface area contributed by atoms with E-state index in [-0.39, 0.29) is 0 Å². The molecule has 3 nitrogen and oxygen atoms in total. The maximum absolute atomic E-state index is 5.92. The number of hydrazine groups is 1. The molecule has 1 unspecified atom stereocenters. The maximum Gasteiger partial charge on any atom is 0.145 e. The quantitative estimate of drug-likeness (QED) is 0.749. The predicted octanol–water partition coefficient (Wildman–Crippen LogP) is 2.06. The van der Waals surface area contributed by atoms with E-state index >= 15 is 0 Å². The fourth-order valence-corrected chi connectivity index (χ4v) is 2.89. The molecular weight excluding hydrogens is 210 g/mol. The molecule has 3 rings (SSSR count). The van der Waals surface area contributed by atoms with Crippen molar-refractivity contribution >= 4 is 5.84 Å². The summed E-state index contributed by atoms with van der Waals surface area (Å²) >= 11 is 0. The highest BCUT2D eigenvalue weighted by Gasteiger charge is 2.20. The molecule has 1 aliphatic heterocycles. The van der Waals surface area contributed by atoms with E-state index in [1.165, 1.54) is 36.0 Å². The molecule has 1 atom stereocenters. The summed E-state index contributed by atoms with van der Waals surface area (Å²) < 4.78 is 0. The van der Waals surface area contributed by atoms with Crippen LogP contribution in [0.15, 0.2) is 23.2 Å². The van der Waals surface area contributed by atoms with Crippen LogP contribution in [0.25, 0.3) is 0 Å². The first-order valence-corrected chi connectivity index (χ1v) is 6.45. The van der Waals surface area contributed by atoms with Crippen LogP contribution in [0.3, 0.4) is 0 Å². The van der Waals surface area contributed by atoms with Crippen molar-refractivity contribution in [2.45, 2.75) is 32.1 Å². The zero-order valence-electron chi connectivity index (χ0n) is 10.3. The molecule has 1 aromatic carbocycles. The number of aliphatic imine (C=N–C) groups is 1. The molecule has 0 radical (unpaired) electrons. The predicted molar refractivity (Wildman–Crippen MR) is 70.1 cm³/mol. The Balaban J connectivity index is 2.00. The molecule has 0 bridgehead atoms. The lowest BCUT2D eigenvalue weighted by molar-refractivity contribution is 0.484. The molecule has 2 N–H and O–H groups in total. The Hall–Kier alpha value is -1.35. The van der Waals surface area contributed by atoms with E-state index in [1.807, 2.05) is 0 Å². The van der Waals surface area contributed by atoms with Gasteiger partial charge >= 0.3 is 0 Å². The highest BCUT2D eigenvalue weighted by atomic mass is 15.5. The van der Waals surface area contributed by atoms with E-state index in [0.29, 0.717) is 5.92 Å². The second kappa shape index (κ2) is 4.15. The van der Waals surface area contributed by atoms with Crippen LogP contribution in [0.4, 0.5) is 0 Å². The monoisotopic (exact) mass is 229 g/mol. The largest absolute Gasteiger partial charge is 0.293 e. The van der Waals surface area contributed by atoms with Gasteiger partial charge in [0.1, 0.15) is 5.84 Å². The van der Waals surface area contributed by atoms with Gasteiger partial charge in [0, 0.05) is 5.56 Å². The third-order valence-corrected chi connectivity index (χ3v) is 3.89. The van der Waals surface area contributed by atoms with Crippen molar-refractivity contribution in [1.29, 1.82) is 0 Å². The molecule has 2 aliphatic rings. The van der Waals surface area contributed by atoms with Crippen LogP contribution >= 0.6 is 0 Å². The van der Waals surface area contributed by atoms with Crippen molar-refractivity contribution in [1.82, 2.24) is 5.01 Å². The van der Waals surface area contributed by atoms with Crippen molar-refractivity contribution in [3.63, 3.8) is 0 Å². The van der Waals surface area contributed by atoms with Gasteiger partial charge in [0.2, 0.25) is 0 Å². The molecule has 3 heteroatoms. The molecule has 0 amide bonds. The second-order valence-corrected chi connectivity index (χ2v) is 5.11. The summed E-state index contributed by atoms with van der Waals surface area (Å²) in [5.41, 5.74) is 4.18. The molecule has 1 heterocycles. The zero-order valence-corrected chi connectivity index (χ0v) is 10.3. The van der Waals surface area contributed by atoms with E-state index in [4.69, 9.17) is 5.84 Å². The van der Waals surface area contributed by atoms with Crippen molar-refractivity contribution in [2.24, 2.45) is 10.8 Å². The number of nitrogens with two attached hydrogens (primary N) is 1. The van der Waals surface area contributed by atoms with Crippen LogP contribution in [0.5, 0.6) is 0 Å². The first kappa shape index (κ1) is 10.8. The standard InChI is InChI=1S/C14H19N3/c1-10-3-2-4-11-5-6-12(9-13(10)11)14-16-7-8-17(14)15/h5-6,9-10H,2-4,7-8,15H2,1H3. The Bertz CT molecular complexity index is 465. The molecule has 1 aromatic rings. The van der Waals surface area contributed by atoms with Crippen molar-refractivity contribution in [3.05, 3.63) is 34.9 Å². The molecule has 0 aromatic heterocycles. The van der Waals surface area contributed by atoms with E-state index < -0.39 is 0 Å². The minimum Gasteiger partial charge on any atom is -0.293 e. The summed E-state index contributed by atoms with van der Waals surface area (Å²) in [5.74, 6) is 7.55. The summed E-state index contributed by atoms with van der Waals surface area (Å²) in [7, 11) is 0. The zero-order chi connectivity index (χ0) is 11.8. The van der Waals surface area contributed by atoms with Gasteiger partial charge in [0.15, 0.2) is 0 Å². The van der Waals surface area contributed by atoms with Gasteiger partial charge in [0.25, 0.3) is 0 Å². The van der Waals surface area contributed by atoms with Crippen molar-refractivity contribution in [3.8, 4) is 0 Å². The SMILES string of the molecule is CC1CCCc2ccc(C3=NCCN3N)cc21. The lowest BCUT2D eigenvalue weighted by Gasteiger charge is -2.23. The van der Waals surface area contributed by atoms with Gasteiger partial charge in [-0.25, -0.2) is 5.84 Å². The fraction of sp³-hybridized carbons (Fsp3) is 0.500. The van der Waals surface area contributed by atoms with Crippen LogP contribution < -0.4 is 5.84 Å². The van der Waals surface area contributed by atoms with E-state index in [9.17, 15) is 0 Å². The average Bonchev–Trinajstić information content (AvgIpc) is 2.76. The Kier molecular flexibility index (Phi) is 2.63. The topological polar surface area (TPSA) is 41.6 Å². The van der Waals surface area contributed by atoms with E-state index in [0.717, 1.165) is 18.9 Å². The number of rotatable bonds is 1. The number of hydrogen-bond acceptors (Lipinski definition) is 3. The molecule has 0 fully saturated rings. The molecular formula is C14H19N3. The molecule has 0 saturated heterocycles. The normalized spacial score (nSPS) is 23.5. The summed E-state index contributed by atoms with van der Waals surface area (Å²) in [6.45, 7) is 3.97. The van der Waals surface area contributed by atoms with Crippen LogP contribution in [-0.4, -0.2) is 23.9 Å². The Morgan fingerprint density at radius 2 is 2.29 bits per heavy atom. The molecule has 90 valence electrons. The molecule has 17 heavy (non-hydrogen) atoms. The number of aryl methyl sites for hydroxylation is 1. The first-order chi connectivity index (χ1) is 8.25. The number of fused-ring (bicyclic) bond motifs is 1. The second-order valence-electron chi connectivity index (χ2n) is 5.11. The maximum atomic E-state index is 5.92. The van der Waals surface area contributed by atoms with Gasteiger partial charge in [-0.15, -0.1) is 0 Å². The van der Waals surface area contributed by atoms with Crippen molar-refractivity contribution in [2.75, 3.05) is 13.1 Å². The number of benzene rings is 1. The van der Waals surface area contributed by atoms with E-state index in [1.54, 1.807) is 5.01 Å². The fourth-order valence-electron chi connectivity index (χ4n) is 2.89. The third-order valence-electron chi connectivity index (χ3n) is 3.89. The summed E-state index contributed by atoms with van der Waals surface area (Å²) in [5, 5.41) is 1.76. The van der Waals surface area contributed by atoms with Gasteiger partial charge in [0.05, 0.1) is 13.1 Å². The lowest BCUT2D eigenvalue weighted by Crippen LogP contribution is -2.35. The summed E-state index contributed by atoms with van der Waals surface area (Å²) in [6, 6.07) is 6.72. The molecule has 0 saturated carbocycles. The van der Waals surface area contributed by atoms with Crippen LogP contribution in [0, 0.1) is 0 Å². The van der Waals surface area contributed by atoms with Crippen LogP contribution in [0.1, 0.15) is 42.4 Å². The highest BCUT2D eigenvalue weighted by Crippen LogP contribution is 2.32. The van der Waals surface area contributed by atoms with E-state index in [2.05, 4.69) is 30.1 Å². The third kappa shape index (κ3) is 1.84. The Labute approximate surface area is 102 Å². The molecule has 1 aliphatic carbocycles. The first-order valence-electron chi connectivity index (χ1n) is 6.45. The smallest absolute Gasteiger partial charge is 0.145 e. The van der Waals surface area contributed by atoms with Gasteiger partial charge in [-0.05, 0) is 42.4 Å². The lowest BCUT2D eigenvalue weighted by atomic mass is 9.83. The van der Waals surface area contributed by atoms with Crippen molar-refractivity contribution < 1.29 is 0 Å².